The summed E-state index contributed by atoms with van der Waals surface area (Å²) in [5.41, 5.74) is -5.53. The van der Waals surface area contributed by atoms with Gasteiger partial charge in [0.2, 0.25) is 0 Å². The molecule has 20 heavy (non-hydrogen) atoms. The Hall–Kier alpha value is -0.460. The molecule has 0 aromatic rings. The van der Waals surface area contributed by atoms with E-state index in [0.717, 1.165) is 0 Å². The van der Waals surface area contributed by atoms with Crippen LogP contribution < -0.4 is 0 Å². The number of rotatable bonds is 3. The van der Waals surface area contributed by atoms with Gasteiger partial charge in [-0.05, 0) is 13.8 Å². The van der Waals surface area contributed by atoms with Gasteiger partial charge in [-0.1, -0.05) is 0 Å². The first-order valence-corrected chi connectivity index (χ1v) is 6.99. The highest BCUT2D eigenvalue weighted by Gasteiger charge is 2.55. The van der Waals surface area contributed by atoms with Gasteiger partial charge in [0, 0.05) is 0 Å². The molecule has 2 fully saturated rings. The Labute approximate surface area is 112 Å². The molecule has 2 aliphatic rings. The second-order valence-corrected chi connectivity index (χ2v) is 6.42. The molecule has 0 bridgehead atoms. The Morgan fingerprint density at radius 3 is 2.40 bits per heavy atom. The van der Waals surface area contributed by atoms with Crippen molar-refractivity contribution in [1.82, 2.24) is 0 Å². The molecule has 0 aromatic heterocycles. The Balaban J connectivity index is 1.95. The highest BCUT2D eigenvalue weighted by molar-refractivity contribution is 7.87. The minimum absolute atomic E-state index is 0.910. The number of halogens is 3. The Bertz CT molecular complexity index is 474. The van der Waals surface area contributed by atoms with Crippen LogP contribution in [0.3, 0.4) is 0 Å². The lowest BCUT2D eigenvalue weighted by Crippen LogP contribution is -2.38. The summed E-state index contributed by atoms with van der Waals surface area (Å²) < 4.78 is 77.1. The zero-order valence-corrected chi connectivity index (χ0v) is 11.3. The van der Waals surface area contributed by atoms with Gasteiger partial charge in [-0.3, -0.25) is 4.18 Å². The molecule has 118 valence electrons. The van der Waals surface area contributed by atoms with Gasteiger partial charge in [0.1, 0.15) is 18.3 Å². The standard InChI is InChI=1S/C9H13F3O7S/c1-8(2)18-6-5(13)4(17-7(6)19-8)3-16-20(14,15)9(10,11)12/h4-7,13H,3H2,1-2H3/t4-,5-,6-,7-/m1/s1. The van der Waals surface area contributed by atoms with Gasteiger partial charge in [0.15, 0.2) is 12.1 Å². The van der Waals surface area contributed by atoms with Crippen LogP contribution in [0, 0.1) is 0 Å². The summed E-state index contributed by atoms with van der Waals surface area (Å²) in [4.78, 5) is 0. The fourth-order valence-corrected chi connectivity index (χ4v) is 2.37. The summed E-state index contributed by atoms with van der Waals surface area (Å²) in [6.45, 7) is 2.16. The zero-order valence-electron chi connectivity index (χ0n) is 10.5. The highest BCUT2D eigenvalue weighted by atomic mass is 32.2. The SMILES string of the molecule is CC1(C)O[C@H]2O[C@H](COS(=O)(=O)C(F)(F)F)[C@@H](O)[C@H]2O1. The van der Waals surface area contributed by atoms with Crippen molar-refractivity contribution in [1.29, 1.82) is 0 Å². The Kier molecular flexibility index (Phi) is 3.81. The number of hydrogen-bond donors (Lipinski definition) is 1. The van der Waals surface area contributed by atoms with E-state index in [2.05, 4.69) is 4.18 Å². The molecule has 0 aliphatic carbocycles. The summed E-state index contributed by atoms with van der Waals surface area (Å²) in [6, 6.07) is 0. The smallest absolute Gasteiger partial charge is 0.387 e. The van der Waals surface area contributed by atoms with Crippen LogP contribution in [0.5, 0.6) is 0 Å². The number of aliphatic hydroxyl groups is 1. The topological polar surface area (TPSA) is 91.3 Å². The molecule has 1 N–H and O–H groups in total. The van der Waals surface area contributed by atoms with E-state index in [1.165, 1.54) is 0 Å². The molecule has 0 aromatic carbocycles. The zero-order chi connectivity index (χ0) is 15.3. The van der Waals surface area contributed by atoms with Crippen LogP contribution in [0.4, 0.5) is 13.2 Å². The molecule has 0 saturated carbocycles. The van der Waals surface area contributed by atoms with Crippen LogP contribution in [0.25, 0.3) is 0 Å². The maximum absolute atomic E-state index is 12.1. The van der Waals surface area contributed by atoms with Crippen LogP contribution in [-0.4, -0.2) is 56.0 Å². The van der Waals surface area contributed by atoms with E-state index < -0.39 is 52.6 Å². The predicted octanol–water partition coefficient (Wildman–Crippen LogP) is 0.0899. The number of ether oxygens (including phenoxy) is 3. The summed E-state index contributed by atoms with van der Waals surface area (Å²) in [6.07, 6.45) is -4.54. The highest BCUT2D eigenvalue weighted by Crippen LogP contribution is 2.37. The second kappa shape index (κ2) is 4.78. The molecule has 2 rings (SSSR count). The van der Waals surface area contributed by atoms with E-state index in [9.17, 15) is 26.7 Å². The van der Waals surface area contributed by atoms with Gasteiger partial charge in [0.25, 0.3) is 0 Å². The fraction of sp³-hybridized carbons (Fsp3) is 1.00. The van der Waals surface area contributed by atoms with Crippen LogP contribution in [0.15, 0.2) is 0 Å². The minimum atomic E-state index is -5.73. The monoisotopic (exact) mass is 322 g/mol. The molecule has 2 saturated heterocycles. The van der Waals surface area contributed by atoms with Crippen LogP contribution in [0.2, 0.25) is 0 Å². The molecular formula is C9H13F3O7S. The van der Waals surface area contributed by atoms with Crippen molar-refractivity contribution in [2.45, 2.75) is 49.7 Å². The van der Waals surface area contributed by atoms with E-state index in [1.807, 2.05) is 0 Å². The van der Waals surface area contributed by atoms with Crippen molar-refractivity contribution in [3.63, 3.8) is 0 Å². The van der Waals surface area contributed by atoms with Crippen LogP contribution in [0.1, 0.15) is 13.8 Å². The quantitative estimate of drug-likeness (QED) is 0.581. The van der Waals surface area contributed by atoms with E-state index in [4.69, 9.17) is 14.2 Å². The molecule has 11 heteroatoms. The van der Waals surface area contributed by atoms with Crippen molar-refractivity contribution in [3.05, 3.63) is 0 Å². The summed E-state index contributed by atoms with van der Waals surface area (Å²) >= 11 is 0. The third-order valence-corrected chi connectivity index (χ3v) is 3.80. The van der Waals surface area contributed by atoms with E-state index in [-0.39, 0.29) is 0 Å². The molecule has 0 unspecified atom stereocenters. The normalized spacial score (nSPS) is 37.1. The molecule has 0 amide bonds. The summed E-state index contributed by atoms with van der Waals surface area (Å²) in [7, 11) is -5.73. The van der Waals surface area contributed by atoms with Gasteiger partial charge in [-0.2, -0.15) is 21.6 Å². The van der Waals surface area contributed by atoms with Crippen molar-refractivity contribution >= 4 is 10.1 Å². The molecule has 2 heterocycles. The number of alkyl halides is 3. The Morgan fingerprint density at radius 1 is 1.30 bits per heavy atom. The number of fused-ring (bicyclic) bond motifs is 1. The first kappa shape index (κ1) is 15.9. The number of aliphatic hydroxyl groups excluding tert-OH is 1. The largest absolute Gasteiger partial charge is 0.523 e. The molecule has 0 radical (unpaired) electrons. The lowest BCUT2D eigenvalue weighted by atomic mass is 10.1. The van der Waals surface area contributed by atoms with Gasteiger partial charge in [-0.25, -0.2) is 0 Å². The first-order chi connectivity index (χ1) is 8.93. The lowest BCUT2D eigenvalue weighted by molar-refractivity contribution is -0.217. The molecule has 7 nitrogen and oxygen atoms in total. The van der Waals surface area contributed by atoms with E-state index in [1.54, 1.807) is 13.8 Å². The van der Waals surface area contributed by atoms with Crippen LogP contribution >= 0.6 is 0 Å². The minimum Gasteiger partial charge on any atom is -0.387 e. The molecular weight excluding hydrogens is 309 g/mol. The van der Waals surface area contributed by atoms with Crippen molar-refractivity contribution in [2.75, 3.05) is 6.61 Å². The summed E-state index contributed by atoms with van der Waals surface area (Å²) in [5, 5.41) is 9.80. The number of hydrogen-bond acceptors (Lipinski definition) is 7. The molecule has 2 aliphatic heterocycles. The maximum Gasteiger partial charge on any atom is 0.523 e. The Morgan fingerprint density at radius 2 is 1.90 bits per heavy atom. The third kappa shape index (κ3) is 2.92. The van der Waals surface area contributed by atoms with E-state index in [0.29, 0.717) is 0 Å². The first-order valence-electron chi connectivity index (χ1n) is 5.58. The fourth-order valence-electron chi connectivity index (χ4n) is 1.92. The van der Waals surface area contributed by atoms with Crippen LogP contribution in [-0.2, 0) is 28.5 Å². The van der Waals surface area contributed by atoms with Gasteiger partial charge in [-0.15, -0.1) is 0 Å². The molecule has 0 spiro atoms. The van der Waals surface area contributed by atoms with Crippen molar-refractivity contribution in [2.24, 2.45) is 0 Å². The average Bonchev–Trinajstić information content (AvgIpc) is 2.69. The third-order valence-electron chi connectivity index (χ3n) is 2.79. The second-order valence-electron chi connectivity index (χ2n) is 4.82. The van der Waals surface area contributed by atoms with Crippen molar-refractivity contribution in [3.8, 4) is 0 Å². The summed E-state index contributed by atoms with van der Waals surface area (Å²) in [5.74, 6) is -1.000. The predicted molar refractivity (Wildman–Crippen MR) is 55.6 cm³/mol. The average molecular weight is 322 g/mol. The van der Waals surface area contributed by atoms with Gasteiger partial charge < -0.3 is 19.3 Å². The lowest BCUT2D eigenvalue weighted by Gasteiger charge is -2.22. The maximum atomic E-state index is 12.1. The van der Waals surface area contributed by atoms with Gasteiger partial charge >= 0.3 is 15.6 Å². The van der Waals surface area contributed by atoms with Gasteiger partial charge in [0.05, 0.1) is 6.61 Å². The molecule has 4 atom stereocenters. The van der Waals surface area contributed by atoms with E-state index >= 15 is 0 Å². The van der Waals surface area contributed by atoms with Crippen molar-refractivity contribution < 1.29 is 45.1 Å².